The SMILES string of the molecule is CC/C=C\C/C=C\C/C=C\C/C=C\C/C=C\C/C=C\CCCCC(=O)NC(COC1OC(CO)C(OC2OC(CO)C(O)C(O)C2O)C(O)C1O)C(O)/C=C/CCCCCCCCCCCCCC. The van der Waals surface area contributed by atoms with Gasteiger partial charge in [-0.2, -0.15) is 0 Å². The molecule has 0 saturated carbocycles. The van der Waals surface area contributed by atoms with Gasteiger partial charge in [-0.15, -0.1) is 0 Å². The molecule has 0 aromatic carbocycles. The van der Waals surface area contributed by atoms with Gasteiger partial charge in [0, 0.05) is 6.42 Å². The third kappa shape index (κ3) is 27.5. The van der Waals surface area contributed by atoms with Crippen molar-refractivity contribution in [2.75, 3.05) is 19.8 Å². The van der Waals surface area contributed by atoms with Crippen LogP contribution in [0.5, 0.6) is 0 Å². The summed E-state index contributed by atoms with van der Waals surface area (Å²) < 4.78 is 22.7. The van der Waals surface area contributed by atoms with Gasteiger partial charge in [0.15, 0.2) is 12.6 Å². The maximum absolute atomic E-state index is 13.2. The summed E-state index contributed by atoms with van der Waals surface area (Å²) in [5, 5.41) is 86.8. The molecule has 12 unspecified atom stereocenters. The molecule has 14 heteroatoms. The predicted molar refractivity (Wildman–Crippen MR) is 272 cm³/mol. The molecule has 0 aliphatic carbocycles. The van der Waals surface area contributed by atoms with Crippen LogP contribution in [0.1, 0.15) is 162 Å². The third-order valence-corrected chi connectivity index (χ3v) is 12.3. The van der Waals surface area contributed by atoms with E-state index < -0.39 is 86.8 Å². The molecular formula is C55H93NO13. The minimum atomic E-state index is -1.80. The fraction of sp³-hybridized carbons (Fsp3) is 0.727. The van der Waals surface area contributed by atoms with Gasteiger partial charge in [-0.05, 0) is 70.6 Å². The van der Waals surface area contributed by atoms with E-state index >= 15 is 0 Å². The third-order valence-electron chi connectivity index (χ3n) is 12.3. The minimum absolute atomic E-state index is 0.221. The van der Waals surface area contributed by atoms with Gasteiger partial charge < -0.3 is 65.1 Å². The highest BCUT2D eigenvalue weighted by molar-refractivity contribution is 5.76. The van der Waals surface area contributed by atoms with Crippen LogP contribution in [-0.2, 0) is 23.7 Å². The first-order valence-corrected chi connectivity index (χ1v) is 26.3. The first kappa shape index (κ1) is 62.3. The molecule has 9 N–H and O–H groups in total. The van der Waals surface area contributed by atoms with E-state index in [1.807, 2.05) is 6.08 Å². The number of nitrogens with one attached hydrogen (secondary N) is 1. The summed E-state index contributed by atoms with van der Waals surface area (Å²) in [5.74, 6) is -0.286. The van der Waals surface area contributed by atoms with E-state index in [1.54, 1.807) is 6.08 Å². The summed E-state index contributed by atoms with van der Waals surface area (Å²) in [6.45, 7) is 2.62. The highest BCUT2D eigenvalue weighted by Crippen LogP contribution is 2.30. The lowest BCUT2D eigenvalue weighted by Gasteiger charge is -2.46. The van der Waals surface area contributed by atoms with Crippen molar-refractivity contribution in [2.24, 2.45) is 0 Å². The normalized spacial score (nSPS) is 26.9. The van der Waals surface area contributed by atoms with E-state index in [9.17, 15) is 45.6 Å². The zero-order chi connectivity index (χ0) is 50.3. The number of hydrogen-bond donors (Lipinski definition) is 9. The number of ether oxygens (including phenoxy) is 4. The van der Waals surface area contributed by atoms with Crippen LogP contribution >= 0.6 is 0 Å². The van der Waals surface area contributed by atoms with Gasteiger partial charge in [0.05, 0.1) is 32.0 Å². The Kier molecular flexibility index (Phi) is 36.8. The van der Waals surface area contributed by atoms with Gasteiger partial charge in [0.2, 0.25) is 5.91 Å². The van der Waals surface area contributed by atoms with E-state index in [1.165, 1.54) is 57.8 Å². The van der Waals surface area contributed by atoms with E-state index in [-0.39, 0.29) is 18.9 Å². The molecule has 396 valence electrons. The van der Waals surface area contributed by atoms with Crippen molar-refractivity contribution < 1.29 is 64.6 Å². The maximum atomic E-state index is 13.2. The molecule has 69 heavy (non-hydrogen) atoms. The number of amides is 1. The molecule has 0 spiro atoms. The lowest BCUT2D eigenvalue weighted by atomic mass is 9.97. The van der Waals surface area contributed by atoms with Crippen LogP contribution in [0.2, 0.25) is 0 Å². The number of carbonyl (C=O) groups is 1. The van der Waals surface area contributed by atoms with E-state index in [2.05, 4.69) is 92.1 Å². The Balaban J connectivity index is 1.86. The quantitative estimate of drug-likeness (QED) is 0.0217. The number of hydrogen-bond acceptors (Lipinski definition) is 13. The smallest absolute Gasteiger partial charge is 0.220 e. The average Bonchev–Trinajstić information content (AvgIpc) is 3.35. The Morgan fingerprint density at radius 1 is 0.536 bits per heavy atom. The highest BCUT2D eigenvalue weighted by Gasteiger charge is 2.51. The van der Waals surface area contributed by atoms with Crippen molar-refractivity contribution in [3.05, 3.63) is 85.1 Å². The number of allylic oxidation sites excluding steroid dienone is 13. The zero-order valence-corrected chi connectivity index (χ0v) is 42.0. The van der Waals surface area contributed by atoms with Crippen molar-refractivity contribution in [3.63, 3.8) is 0 Å². The summed E-state index contributed by atoms with van der Waals surface area (Å²) in [7, 11) is 0. The van der Waals surface area contributed by atoms with Crippen LogP contribution in [-0.4, -0.2) is 140 Å². The average molecular weight is 976 g/mol. The molecule has 14 nitrogen and oxygen atoms in total. The summed E-state index contributed by atoms with van der Waals surface area (Å²) in [5.41, 5.74) is 0. The predicted octanol–water partition coefficient (Wildman–Crippen LogP) is 7.38. The van der Waals surface area contributed by atoms with Gasteiger partial charge in [0.25, 0.3) is 0 Å². The zero-order valence-electron chi connectivity index (χ0n) is 42.0. The Bertz CT molecular complexity index is 1480. The number of aliphatic hydroxyl groups is 8. The summed E-state index contributed by atoms with van der Waals surface area (Å²) >= 11 is 0. The molecule has 0 bridgehead atoms. The number of rotatable bonds is 39. The Hall–Kier alpha value is -2.83. The van der Waals surface area contributed by atoms with E-state index in [4.69, 9.17) is 18.9 Å². The van der Waals surface area contributed by atoms with Crippen molar-refractivity contribution in [1.82, 2.24) is 5.32 Å². The largest absolute Gasteiger partial charge is 0.394 e. The maximum Gasteiger partial charge on any atom is 0.220 e. The van der Waals surface area contributed by atoms with Crippen molar-refractivity contribution >= 4 is 5.91 Å². The van der Waals surface area contributed by atoms with Crippen molar-refractivity contribution in [1.29, 1.82) is 0 Å². The second kappa shape index (κ2) is 40.7. The number of unbranched alkanes of at least 4 members (excludes halogenated alkanes) is 14. The van der Waals surface area contributed by atoms with Crippen LogP contribution < -0.4 is 5.32 Å². The molecule has 12 atom stereocenters. The van der Waals surface area contributed by atoms with Gasteiger partial charge in [0.1, 0.15) is 48.8 Å². The Morgan fingerprint density at radius 2 is 1.00 bits per heavy atom. The Labute approximate surface area is 414 Å². The van der Waals surface area contributed by atoms with Gasteiger partial charge >= 0.3 is 0 Å². The molecule has 2 rings (SSSR count). The fourth-order valence-corrected chi connectivity index (χ4v) is 8.06. The summed E-state index contributed by atoms with van der Waals surface area (Å²) in [6.07, 6.45) is 36.2. The Morgan fingerprint density at radius 3 is 1.54 bits per heavy atom. The van der Waals surface area contributed by atoms with Crippen molar-refractivity contribution in [3.8, 4) is 0 Å². The summed E-state index contributed by atoms with van der Waals surface area (Å²) in [4.78, 5) is 13.2. The molecule has 2 heterocycles. The van der Waals surface area contributed by atoms with Crippen LogP contribution in [0.25, 0.3) is 0 Å². The fourth-order valence-electron chi connectivity index (χ4n) is 8.06. The van der Waals surface area contributed by atoms with Gasteiger partial charge in [-0.3, -0.25) is 4.79 Å². The number of carbonyl (C=O) groups excluding carboxylic acids is 1. The molecule has 0 aromatic heterocycles. The van der Waals surface area contributed by atoms with Crippen LogP contribution in [0.4, 0.5) is 0 Å². The standard InChI is InChI=1S/C55H93NO13/c1-3-5-7-9-11-13-15-17-19-20-21-22-23-24-25-27-29-31-33-35-37-39-47(60)56-43(44(59)38-36-34-32-30-28-26-18-16-14-12-10-8-6-4-2)42-66-54-52(65)50(63)53(46(41-58)68-54)69-55-51(64)49(62)48(61)45(40-57)67-55/h5,7,11,13,17,19,21-22,24-25,29,31,36,38,43-46,48-55,57-59,61-65H,3-4,6,8-10,12,14-16,18,20,23,26-28,30,32-35,37,39-42H2,1-2H3,(H,56,60)/b7-5-,13-11-,19-17-,22-21-,25-24-,31-29-,38-36+. The molecule has 0 radical (unpaired) electrons. The lowest BCUT2D eigenvalue weighted by Crippen LogP contribution is -2.65. The van der Waals surface area contributed by atoms with Crippen molar-refractivity contribution in [2.45, 2.75) is 235 Å². The van der Waals surface area contributed by atoms with Gasteiger partial charge in [-0.1, -0.05) is 170 Å². The van der Waals surface area contributed by atoms with Gasteiger partial charge in [-0.25, -0.2) is 0 Å². The van der Waals surface area contributed by atoms with Crippen LogP contribution in [0.15, 0.2) is 85.1 Å². The lowest BCUT2D eigenvalue weighted by molar-refractivity contribution is -0.359. The molecule has 2 aliphatic heterocycles. The second-order valence-corrected chi connectivity index (χ2v) is 18.3. The van der Waals surface area contributed by atoms with Crippen LogP contribution in [0.3, 0.4) is 0 Å². The van der Waals surface area contributed by atoms with E-state index in [0.717, 1.165) is 77.0 Å². The summed E-state index contributed by atoms with van der Waals surface area (Å²) in [6, 6.07) is -0.942. The molecule has 2 fully saturated rings. The molecule has 2 aliphatic rings. The van der Waals surface area contributed by atoms with E-state index in [0.29, 0.717) is 6.42 Å². The minimum Gasteiger partial charge on any atom is -0.394 e. The topological polar surface area (TPSA) is 228 Å². The second-order valence-electron chi connectivity index (χ2n) is 18.3. The molecule has 0 aromatic rings. The molecular weight excluding hydrogens is 883 g/mol. The number of aliphatic hydroxyl groups excluding tert-OH is 8. The molecule has 2 saturated heterocycles. The molecule has 1 amide bonds. The van der Waals surface area contributed by atoms with Crippen LogP contribution in [0, 0.1) is 0 Å². The monoisotopic (exact) mass is 976 g/mol. The first-order valence-electron chi connectivity index (χ1n) is 26.3. The first-order chi connectivity index (χ1) is 33.6. The highest BCUT2D eigenvalue weighted by atomic mass is 16.7.